The number of aromatic nitrogens is 4. The largest absolute Gasteiger partial charge is 0.493 e. The molecule has 0 aromatic carbocycles. The van der Waals surface area contributed by atoms with E-state index in [0.717, 1.165) is 6.20 Å². The molecule has 0 fully saturated rings. The third-order valence-corrected chi connectivity index (χ3v) is 4.21. The number of anilines is 1. The second-order valence-electron chi connectivity index (χ2n) is 5.42. The lowest BCUT2D eigenvalue weighted by atomic mass is 10.1. The summed E-state index contributed by atoms with van der Waals surface area (Å²) in [5, 5.41) is 17.0. The summed E-state index contributed by atoms with van der Waals surface area (Å²) in [6.07, 6.45) is 3.94. The average Bonchev–Trinajstić information content (AvgIpc) is 3.00. The number of hydrogen-bond acceptors (Lipinski definition) is 7. The van der Waals surface area contributed by atoms with E-state index in [9.17, 15) is 14.3 Å². The van der Waals surface area contributed by atoms with Gasteiger partial charge in [-0.15, -0.1) is 0 Å². The standard InChI is InChI=1S/C16H15BrFN5O3/c1-3-26-16(25)11-6-20-23-7-12(17)13(22-14(11)23)21-8(2)10-4-9(18)5-19-15(10)24/h4-8H,3H2,1-2H3,(H,19,24)(H,21,22)/t8-/m1/s1. The van der Waals surface area contributed by atoms with Crippen molar-refractivity contribution in [2.45, 2.75) is 19.9 Å². The molecular weight excluding hydrogens is 409 g/mol. The Labute approximate surface area is 156 Å². The number of pyridine rings is 1. The zero-order chi connectivity index (χ0) is 18.8. The first kappa shape index (κ1) is 18.1. The second kappa shape index (κ2) is 7.24. The van der Waals surface area contributed by atoms with Crippen LogP contribution in [0, 0.1) is 5.82 Å². The van der Waals surface area contributed by atoms with Crippen LogP contribution in [-0.2, 0) is 4.74 Å². The summed E-state index contributed by atoms with van der Waals surface area (Å²) >= 11 is 3.37. The first-order valence-corrected chi connectivity index (χ1v) is 8.52. The van der Waals surface area contributed by atoms with Crippen LogP contribution in [-0.4, -0.2) is 37.3 Å². The molecule has 0 amide bonds. The Morgan fingerprint density at radius 2 is 2.27 bits per heavy atom. The van der Waals surface area contributed by atoms with Gasteiger partial charge < -0.3 is 15.2 Å². The minimum Gasteiger partial charge on any atom is -0.493 e. The van der Waals surface area contributed by atoms with E-state index in [4.69, 9.17) is 4.74 Å². The van der Waals surface area contributed by atoms with E-state index < -0.39 is 17.8 Å². The zero-order valence-corrected chi connectivity index (χ0v) is 15.5. The minimum absolute atomic E-state index is 0.227. The van der Waals surface area contributed by atoms with Crippen molar-refractivity contribution in [1.82, 2.24) is 19.6 Å². The van der Waals surface area contributed by atoms with Crippen LogP contribution in [0.2, 0.25) is 0 Å². The van der Waals surface area contributed by atoms with Crippen molar-refractivity contribution in [3.8, 4) is 5.88 Å². The number of ether oxygens (including phenoxy) is 1. The first-order valence-electron chi connectivity index (χ1n) is 7.72. The fourth-order valence-electron chi connectivity index (χ4n) is 2.39. The van der Waals surface area contributed by atoms with Crippen LogP contribution in [0.15, 0.2) is 29.1 Å². The van der Waals surface area contributed by atoms with Crippen molar-refractivity contribution < 1.29 is 19.0 Å². The normalized spacial score (nSPS) is 12.2. The maximum atomic E-state index is 13.4. The Hall–Kier alpha value is -2.75. The number of rotatable bonds is 5. The lowest BCUT2D eigenvalue weighted by Gasteiger charge is -2.17. The highest BCUT2D eigenvalue weighted by atomic mass is 79.9. The molecule has 1 atom stereocenters. The summed E-state index contributed by atoms with van der Waals surface area (Å²) in [4.78, 5) is 20.0. The molecule has 3 aromatic rings. The fraction of sp³-hybridized carbons (Fsp3) is 0.250. The van der Waals surface area contributed by atoms with Crippen LogP contribution in [0.4, 0.5) is 10.2 Å². The SMILES string of the molecule is CCOC(=O)c1cnn2cc(Br)c(N[C@H](C)c3cc(F)cnc3O)nc12. The van der Waals surface area contributed by atoms with Gasteiger partial charge in [-0.2, -0.15) is 5.10 Å². The predicted octanol–water partition coefficient (Wildman–Crippen LogP) is 3.08. The van der Waals surface area contributed by atoms with E-state index in [1.54, 1.807) is 20.0 Å². The molecule has 0 unspecified atom stereocenters. The Kier molecular flexibility index (Phi) is 5.03. The summed E-state index contributed by atoms with van der Waals surface area (Å²) in [5.74, 6) is -0.975. The van der Waals surface area contributed by atoms with Gasteiger partial charge >= 0.3 is 5.97 Å². The van der Waals surface area contributed by atoms with Gasteiger partial charge in [0.1, 0.15) is 17.2 Å². The van der Waals surface area contributed by atoms with Crippen LogP contribution in [0.1, 0.15) is 35.8 Å². The number of nitrogens with one attached hydrogen (secondary N) is 1. The van der Waals surface area contributed by atoms with Gasteiger partial charge in [0.05, 0.1) is 29.5 Å². The predicted molar refractivity (Wildman–Crippen MR) is 94.5 cm³/mol. The van der Waals surface area contributed by atoms with Gasteiger partial charge in [-0.1, -0.05) is 0 Å². The highest BCUT2D eigenvalue weighted by molar-refractivity contribution is 9.10. The summed E-state index contributed by atoms with van der Waals surface area (Å²) in [5.41, 5.74) is 0.811. The van der Waals surface area contributed by atoms with Gasteiger partial charge in [-0.25, -0.2) is 23.7 Å². The number of carbonyl (C=O) groups excluding carboxylic acids is 1. The monoisotopic (exact) mass is 423 g/mol. The summed E-state index contributed by atoms with van der Waals surface area (Å²) < 4.78 is 20.4. The van der Waals surface area contributed by atoms with Gasteiger partial charge in [-0.3, -0.25) is 0 Å². The van der Waals surface area contributed by atoms with E-state index in [1.165, 1.54) is 16.8 Å². The highest BCUT2D eigenvalue weighted by Crippen LogP contribution is 2.29. The van der Waals surface area contributed by atoms with Gasteiger partial charge in [0.2, 0.25) is 5.88 Å². The van der Waals surface area contributed by atoms with Crippen LogP contribution >= 0.6 is 15.9 Å². The lowest BCUT2D eigenvalue weighted by Crippen LogP contribution is -2.11. The summed E-state index contributed by atoms with van der Waals surface area (Å²) in [6.45, 7) is 3.67. The van der Waals surface area contributed by atoms with Crippen LogP contribution in [0.25, 0.3) is 5.65 Å². The molecule has 0 aliphatic heterocycles. The van der Waals surface area contributed by atoms with E-state index in [2.05, 4.69) is 36.3 Å². The van der Waals surface area contributed by atoms with Gasteiger partial charge in [0.25, 0.3) is 0 Å². The maximum Gasteiger partial charge on any atom is 0.343 e. The molecule has 0 saturated carbocycles. The molecule has 26 heavy (non-hydrogen) atoms. The van der Waals surface area contributed by atoms with E-state index in [0.29, 0.717) is 15.9 Å². The minimum atomic E-state index is -0.561. The van der Waals surface area contributed by atoms with Gasteiger partial charge in [-0.05, 0) is 35.8 Å². The van der Waals surface area contributed by atoms with Crippen molar-refractivity contribution in [3.05, 3.63) is 46.1 Å². The number of hydrogen-bond donors (Lipinski definition) is 2. The summed E-state index contributed by atoms with van der Waals surface area (Å²) in [7, 11) is 0. The van der Waals surface area contributed by atoms with Gasteiger partial charge in [0.15, 0.2) is 5.65 Å². The zero-order valence-electron chi connectivity index (χ0n) is 13.9. The van der Waals surface area contributed by atoms with Crippen molar-refractivity contribution in [2.75, 3.05) is 11.9 Å². The number of halogens is 2. The van der Waals surface area contributed by atoms with E-state index in [1.807, 2.05) is 0 Å². The Balaban J connectivity index is 1.96. The third-order valence-electron chi connectivity index (χ3n) is 3.63. The van der Waals surface area contributed by atoms with Crippen molar-refractivity contribution in [1.29, 1.82) is 0 Å². The highest BCUT2D eigenvalue weighted by Gasteiger charge is 2.19. The summed E-state index contributed by atoms with van der Waals surface area (Å²) in [6, 6.07) is 0.688. The molecule has 3 rings (SSSR count). The van der Waals surface area contributed by atoms with E-state index >= 15 is 0 Å². The van der Waals surface area contributed by atoms with Crippen LogP contribution in [0.3, 0.4) is 0 Å². The molecule has 3 heterocycles. The molecular formula is C16H15BrFN5O3. The molecule has 0 bridgehead atoms. The molecule has 10 heteroatoms. The molecule has 0 saturated heterocycles. The molecule has 0 radical (unpaired) electrons. The number of carbonyl (C=O) groups is 1. The lowest BCUT2D eigenvalue weighted by molar-refractivity contribution is 0.0528. The Morgan fingerprint density at radius 1 is 1.50 bits per heavy atom. The topological polar surface area (TPSA) is 102 Å². The Bertz CT molecular complexity index is 978. The second-order valence-corrected chi connectivity index (χ2v) is 6.27. The number of nitrogens with zero attached hydrogens (tertiary/aromatic N) is 4. The maximum absolute atomic E-state index is 13.4. The Morgan fingerprint density at radius 3 is 3.00 bits per heavy atom. The third kappa shape index (κ3) is 3.45. The number of esters is 1. The first-order chi connectivity index (χ1) is 12.4. The number of aromatic hydroxyl groups is 1. The van der Waals surface area contributed by atoms with Crippen molar-refractivity contribution in [3.63, 3.8) is 0 Å². The average molecular weight is 424 g/mol. The quantitative estimate of drug-likeness (QED) is 0.607. The van der Waals surface area contributed by atoms with Crippen molar-refractivity contribution in [2.24, 2.45) is 0 Å². The number of fused-ring (bicyclic) bond motifs is 1. The molecule has 8 nitrogen and oxygen atoms in total. The molecule has 0 spiro atoms. The molecule has 0 aliphatic carbocycles. The molecule has 136 valence electrons. The molecule has 3 aromatic heterocycles. The molecule has 2 N–H and O–H groups in total. The van der Waals surface area contributed by atoms with Crippen LogP contribution in [0.5, 0.6) is 5.88 Å². The smallest absolute Gasteiger partial charge is 0.343 e. The fourth-order valence-corrected chi connectivity index (χ4v) is 2.79. The van der Waals surface area contributed by atoms with Crippen LogP contribution < -0.4 is 5.32 Å². The molecule has 0 aliphatic rings. The van der Waals surface area contributed by atoms with E-state index in [-0.39, 0.29) is 23.6 Å². The van der Waals surface area contributed by atoms with Gasteiger partial charge in [0, 0.05) is 11.8 Å². The van der Waals surface area contributed by atoms with Crippen molar-refractivity contribution >= 4 is 33.4 Å².